The van der Waals surface area contributed by atoms with Crippen molar-refractivity contribution in [2.24, 2.45) is 5.41 Å². The number of benzene rings is 4. The zero-order valence-electron chi connectivity index (χ0n) is 20.7. The van der Waals surface area contributed by atoms with E-state index in [1.807, 2.05) is 24.3 Å². The van der Waals surface area contributed by atoms with Crippen LogP contribution in [-0.4, -0.2) is 33.6 Å². The van der Waals surface area contributed by atoms with Crippen LogP contribution < -0.4 is 21.2 Å². The molecule has 0 heterocycles. The average molecular weight is 535 g/mol. The van der Waals surface area contributed by atoms with Crippen LogP contribution in [0.1, 0.15) is 6.92 Å². The topological polar surface area (TPSA) is 43.4 Å². The van der Waals surface area contributed by atoms with Gasteiger partial charge in [0.1, 0.15) is 0 Å². The molecule has 0 spiro atoms. The van der Waals surface area contributed by atoms with E-state index in [2.05, 4.69) is 104 Å². The van der Waals surface area contributed by atoms with Gasteiger partial charge in [-0.1, -0.05) is 128 Å². The minimum absolute atomic E-state index is 0.156. The first-order valence-corrected chi connectivity index (χ1v) is 16.8. The molecule has 0 saturated carbocycles. The van der Waals surface area contributed by atoms with E-state index in [4.69, 9.17) is 4.18 Å². The maximum Gasteiger partial charge on any atom is 0.264 e. The maximum atomic E-state index is 12.1. The van der Waals surface area contributed by atoms with E-state index in [0.717, 1.165) is 18.6 Å². The summed E-state index contributed by atoms with van der Waals surface area (Å²) in [6.45, 7) is 2.35. The normalized spacial score (nSPS) is 12.2. The Balaban J connectivity index is 1.76. The standard InChI is InChI=1S/C30H32O3P2S/c1-30(23-33-36(2,31)32,24-34(26-15-7-3-8-16-26)27-17-9-4-10-18-27)25-35(28-19-11-5-12-20-28)29-21-13-6-14-22-29/h3-22H,23-25H2,1-2H3. The lowest BCUT2D eigenvalue weighted by Crippen LogP contribution is -2.36. The van der Waals surface area contributed by atoms with Crippen LogP contribution in [0.25, 0.3) is 0 Å². The average Bonchev–Trinajstić information content (AvgIpc) is 2.91. The van der Waals surface area contributed by atoms with E-state index >= 15 is 0 Å². The van der Waals surface area contributed by atoms with Crippen LogP contribution in [0.3, 0.4) is 0 Å². The van der Waals surface area contributed by atoms with Gasteiger partial charge in [0.05, 0.1) is 12.9 Å². The maximum absolute atomic E-state index is 12.1. The summed E-state index contributed by atoms with van der Waals surface area (Å²) in [6.07, 6.45) is 2.79. The van der Waals surface area contributed by atoms with Crippen molar-refractivity contribution in [1.82, 2.24) is 0 Å². The SMILES string of the molecule is CC(COS(C)(=O)=O)(CP(c1ccccc1)c1ccccc1)CP(c1ccccc1)c1ccccc1. The van der Waals surface area contributed by atoms with Gasteiger partial charge in [0.15, 0.2) is 0 Å². The van der Waals surface area contributed by atoms with Crippen LogP contribution in [0.5, 0.6) is 0 Å². The van der Waals surface area contributed by atoms with E-state index in [-0.39, 0.29) is 12.0 Å². The molecule has 3 nitrogen and oxygen atoms in total. The summed E-state index contributed by atoms with van der Waals surface area (Å²) in [4.78, 5) is 0. The Labute approximate surface area is 218 Å². The fourth-order valence-electron chi connectivity index (χ4n) is 4.25. The summed E-state index contributed by atoms with van der Waals surface area (Å²) in [5.41, 5.74) is -0.377. The molecule has 0 aliphatic carbocycles. The molecule has 4 rings (SSSR count). The first-order chi connectivity index (χ1) is 17.3. The third-order valence-electron chi connectivity index (χ3n) is 5.97. The van der Waals surface area contributed by atoms with Gasteiger partial charge in [-0.05, 0) is 49.4 Å². The third-order valence-corrected chi connectivity index (χ3v) is 12.4. The molecule has 0 saturated heterocycles. The molecule has 186 valence electrons. The van der Waals surface area contributed by atoms with Gasteiger partial charge >= 0.3 is 0 Å². The molecule has 0 N–H and O–H groups in total. The third kappa shape index (κ3) is 7.58. The summed E-state index contributed by atoms with van der Waals surface area (Å²) >= 11 is 0. The van der Waals surface area contributed by atoms with Crippen molar-refractivity contribution >= 4 is 47.2 Å². The van der Waals surface area contributed by atoms with Crippen molar-refractivity contribution < 1.29 is 12.6 Å². The molecule has 4 aromatic carbocycles. The van der Waals surface area contributed by atoms with E-state index in [1.54, 1.807) is 0 Å². The Hall–Kier alpha value is -2.35. The van der Waals surface area contributed by atoms with Crippen molar-refractivity contribution in [3.05, 3.63) is 121 Å². The molecular formula is C30H32O3P2S. The lowest BCUT2D eigenvalue weighted by atomic mass is 9.98. The summed E-state index contributed by atoms with van der Waals surface area (Å²) in [6, 6.07) is 42.3. The van der Waals surface area contributed by atoms with E-state index in [9.17, 15) is 8.42 Å². The molecule has 0 aromatic heterocycles. The first-order valence-electron chi connectivity index (χ1n) is 11.9. The Morgan fingerprint density at radius 3 is 1.11 bits per heavy atom. The van der Waals surface area contributed by atoms with Gasteiger partial charge in [0.2, 0.25) is 0 Å². The number of hydrogen-bond donors (Lipinski definition) is 0. The predicted molar refractivity (Wildman–Crippen MR) is 157 cm³/mol. The van der Waals surface area contributed by atoms with Gasteiger partial charge in [-0.2, -0.15) is 8.42 Å². The lowest BCUT2D eigenvalue weighted by Gasteiger charge is -2.37. The van der Waals surface area contributed by atoms with E-state index in [0.29, 0.717) is 0 Å². The second-order valence-corrected chi connectivity index (χ2v) is 15.3. The Bertz CT molecular complexity index is 1150. The number of hydrogen-bond acceptors (Lipinski definition) is 3. The molecular weight excluding hydrogens is 502 g/mol. The quantitative estimate of drug-likeness (QED) is 0.195. The van der Waals surface area contributed by atoms with Crippen molar-refractivity contribution in [2.75, 3.05) is 25.2 Å². The van der Waals surface area contributed by atoms with Crippen LogP contribution >= 0.6 is 15.8 Å². The molecule has 6 heteroatoms. The van der Waals surface area contributed by atoms with Crippen molar-refractivity contribution in [2.45, 2.75) is 6.92 Å². The molecule has 36 heavy (non-hydrogen) atoms. The second-order valence-electron chi connectivity index (χ2n) is 9.29. The fourth-order valence-corrected chi connectivity index (χ4v) is 10.3. The molecule has 0 amide bonds. The fraction of sp³-hybridized carbons (Fsp3) is 0.200. The Morgan fingerprint density at radius 1 is 0.583 bits per heavy atom. The van der Waals surface area contributed by atoms with Crippen LogP contribution in [-0.2, 0) is 14.3 Å². The molecule has 0 radical (unpaired) electrons. The highest BCUT2D eigenvalue weighted by atomic mass is 32.2. The molecule has 0 atom stereocenters. The Morgan fingerprint density at radius 2 is 0.861 bits per heavy atom. The molecule has 0 unspecified atom stereocenters. The summed E-state index contributed by atoms with van der Waals surface area (Å²) < 4.78 is 29.8. The monoisotopic (exact) mass is 534 g/mol. The van der Waals surface area contributed by atoms with Gasteiger partial charge in [0, 0.05) is 5.41 Å². The largest absolute Gasteiger partial charge is 0.270 e. The molecule has 0 bridgehead atoms. The lowest BCUT2D eigenvalue weighted by molar-refractivity contribution is 0.212. The molecule has 0 aliphatic rings. The van der Waals surface area contributed by atoms with Crippen molar-refractivity contribution in [3.63, 3.8) is 0 Å². The molecule has 0 fully saturated rings. The van der Waals surface area contributed by atoms with Crippen LogP contribution in [0.15, 0.2) is 121 Å². The summed E-state index contributed by atoms with van der Waals surface area (Å²) in [7, 11) is -5.01. The van der Waals surface area contributed by atoms with Crippen LogP contribution in [0.4, 0.5) is 0 Å². The second kappa shape index (κ2) is 12.3. The summed E-state index contributed by atoms with van der Waals surface area (Å²) in [5, 5.41) is 5.14. The highest BCUT2D eigenvalue weighted by molar-refractivity contribution is 7.86. The van der Waals surface area contributed by atoms with Gasteiger partial charge < -0.3 is 0 Å². The van der Waals surface area contributed by atoms with Crippen LogP contribution in [0.2, 0.25) is 0 Å². The predicted octanol–water partition coefficient (Wildman–Crippen LogP) is 5.23. The zero-order valence-corrected chi connectivity index (χ0v) is 23.3. The van der Waals surface area contributed by atoms with Crippen molar-refractivity contribution in [1.29, 1.82) is 0 Å². The van der Waals surface area contributed by atoms with Gasteiger partial charge in [-0.15, -0.1) is 0 Å². The highest BCUT2D eigenvalue weighted by Crippen LogP contribution is 2.47. The van der Waals surface area contributed by atoms with Gasteiger partial charge in [-0.25, -0.2) is 0 Å². The minimum Gasteiger partial charge on any atom is -0.270 e. The number of rotatable bonds is 11. The van der Waals surface area contributed by atoms with Gasteiger partial charge in [0.25, 0.3) is 10.1 Å². The Kier molecular flexibility index (Phi) is 9.09. The zero-order chi connectivity index (χ0) is 25.4. The highest BCUT2D eigenvalue weighted by Gasteiger charge is 2.35. The van der Waals surface area contributed by atoms with Gasteiger partial charge in [-0.3, -0.25) is 4.18 Å². The van der Waals surface area contributed by atoms with Crippen LogP contribution in [0, 0.1) is 5.41 Å². The van der Waals surface area contributed by atoms with Crippen molar-refractivity contribution in [3.8, 4) is 0 Å². The summed E-state index contributed by atoms with van der Waals surface area (Å²) in [5.74, 6) is 0. The smallest absolute Gasteiger partial charge is 0.264 e. The minimum atomic E-state index is -3.57. The van der Waals surface area contributed by atoms with E-state index in [1.165, 1.54) is 21.2 Å². The molecule has 4 aromatic rings. The van der Waals surface area contributed by atoms with E-state index < -0.39 is 26.0 Å². The first kappa shape index (κ1) is 26.7. The molecule has 0 aliphatic heterocycles.